The second-order valence-corrected chi connectivity index (χ2v) is 31.7. The summed E-state index contributed by atoms with van der Waals surface area (Å²) in [5.74, 6) is 1.39. The Balaban J connectivity index is 1.16. The summed E-state index contributed by atoms with van der Waals surface area (Å²) in [4.78, 5) is 5.59. The van der Waals surface area contributed by atoms with Crippen LogP contribution in [0.5, 0.6) is 0 Å². The Hall–Kier alpha value is -4.91. The quantitative estimate of drug-likeness (QED) is 0.122. The van der Waals surface area contributed by atoms with Crippen molar-refractivity contribution >= 4 is 70.8 Å². The first-order valence-electron chi connectivity index (χ1n) is 24.0. The summed E-state index contributed by atoms with van der Waals surface area (Å²) in [5.41, 5.74) is 13.9. The maximum atomic E-state index is 2.79. The minimum absolute atomic E-state index is 0.529. The third kappa shape index (κ3) is 6.88. The van der Waals surface area contributed by atoms with Crippen molar-refractivity contribution in [1.82, 2.24) is 0 Å². The lowest BCUT2D eigenvalue weighted by Gasteiger charge is -2.47. The van der Waals surface area contributed by atoms with Crippen LogP contribution in [-0.2, 0) is 12.8 Å². The van der Waals surface area contributed by atoms with Gasteiger partial charge in [-0.15, -0.1) is 0 Å². The average molecular weight is 845 g/mol. The summed E-state index contributed by atoms with van der Waals surface area (Å²) in [5, 5.41) is 8.53. The smallest absolute Gasteiger partial charge is 0.0776 e. The van der Waals surface area contributed by atoms with Crippen LogP contribution in [0.4, 0.5) is 22.7 Å². The van der Waals surface area contributed by atoms with Gasteiger partial charge in [0.2, 0.25) is 0 Å². The molecule has 0 amide bonds. The van der Waals surface area contributed by atoms with Gasteiger partial charge in [-0.3, -0.25) is 0 Å². The van der Waals surface area contributed by atoms with Crippen LogP contribution in [0, 0.1) is 11.8 Å². The molecule has 62 heavy (non-hydrogen) atoms. The van der Waals surface area contributed by atoms with E-state index >= 15 is 0 Å². The molecule has 4 unspecified atom stereocenters. The predicted molar refractivity (Wildman–Crippen MR) is 274 cm³/mol. The van der Waals surface area contributed by atoms with Gasteiger partial charge < -0.3 is 9.80 Å². The van der Waals surface area contributed by atoms with Gasteiger partial charge in [-0.1, -0.05) is 172 Å². The van der Waals surface area contributed by atoms with E-state index in [0.717, 1.165) is 0 Å². The monoisotopic (exact) mass is 844 g/mol. The SMILES string of the molecule is C[Si](C)(C)c1ccc2c(c1)CC1CCCCC1N2c1ccc2c(-c3ccccc3)c3cc(N4c5ccc([Si](C)(C)C)cc5CC5CCCCC54)ccc3c(-c3ccccc3)c2c1. The van der Waals surface area contributed by atoms with Crippen molar-refractivity contribution < 1.29 is 0 Å². The molecule has 2 aliphatic heterocycles. The summed E-state index contributed by atoms with van der Waals surface area (Å²) >= 11 is 0. The molecule has 4 heteroatoms. The van der Waals surface area contributed by atoms with Gasteiger partial charge in [0.1, 0.15) is 0 Å². The van der Waals surface area contributed by atoms with Gasteiger partial charge in [0.05, 0.1) is 16.1 Å². The zero-order chi connectivity index (χ0) is 42.3. The van der Waals surface area contributed by atoms with E-state index < -0.39 is 16.1 Å². The first-order chi connectivity index (χ1) is 30.0. The highest BCUT2D eigenvalue weighted by Crippen LogP contribution is 2.51. The molecule has 4 aliphatic rings. The number of hydrogen-bond donors (Lipinski definition) is 0. The minimum atomic E-state index is -1.45. The Labute approximate surface area is 373 Å². The van der Waals surface area contributed by atoms with Crippen LogP contribution in [0.15, 0.2) is 133 Å². The molecule has 2 fully saturated rings. The zero-order valence-electron chi connectivity index (χ0n) is 38.0. The first-order valence-corrected chi connectivity index (χ1v) is 31.0. The van der Waals surface area contributed by atoms with Gasteiger partial charge >= 0.3 is 0 Å². The molecule has 7 aromatic carbocycles. The highest BCUT2D eigenvalue weighted by atomic mass is 28.3. The number of anilines is 4. The van der Waals surface area contributed by atoms with E-state index in [1.807, 2.05) is 0 Å². The Morgan fingerprint density at radius 1 is 0.403 bits per heavy atom. The summed E-state index contributed by atoms with van der Waals surface area (Å²) in [6, 6.07) is 53.9. The van der Waals surface area contributed by atoms with Crippen molar-refractivity contribution in [2.75, 3.05) is 9.80 Å². The highest BCUT2D eigenvalue weighted by molar-refractivity contribution is 6.89. The van der Waals surface area contributed by atoms with Gasteiger partial charge in [-0.25, -0.2) is 0 Å². The second kappa shape index (κ2) is 15.4. The van der Waals surface area contributed by atoms with Crippen molar-refractivity contribution in [2.24, 2.45) is 11.8 Å². The van der Waals surface area contributed by atoms with Crippen molar-refractivity contribution in [1.29, 1.82) is 0 Å². The molecule has 7 aromatic rings. The average Bonchev–Trinajstić information content (AvgIpc) is 3.28. The van der Waals surface area contributed by atoms with Gasteiger partial charge in [0.15, 0.2) is 0 Å². The van der Waals surface area contributed by atoms with Crippen molar-refractivity contribution in [2.45, 2.75) is 116 Å². The largest absolute Gasteiger partial charge is 0.338 e. The standard InChI is InChI=1S/C58H64N2Si2/c1-61(2,3)47-27-31-55-43(35-47)33-41-21-13-15-23-53(41)59(55)45-25-29-49-51(37-45)57(39-17-9-7-10-18-39)50-30-26-46(38-52(50)58(49)40-19-11-8-12-20-40)60-54-24-16-14-22-42(54)34-44-36-48(62(4,5)6)28-32-56(44)60/h7-12,17-20,25-32,35-38,41-42,53-54H,13-16,21-24,33-34H2,1-6H3. The summed E-state index contributed by atoms with van der Waals surface area (Å²) in [7, 11) is -2.91. The number of fused-ring (bicyclic) bond motifs is 6. The van der Waals surface area contributed by atoms with Crippen LogP contribution in [0.25, 0.3) is 43.8 Å². The normalized spacial score (nSPS) is 21.3. The van der Waals surface area contributed by atoms with E-state index in [0.29, 0.717) is 23.9 Å². The maximum Gasteiger partial charge on any atom is 0.0776 e. The van der Waals surface area contributed by atoms with E-state index in [1.54, 1.807) is 21.5 Å². The highest BCUT2D eigenvalue weighted by Gasteiger charge is 2.39. The van der Waals surface area contributed by atoms with E-state index in [9.17, 15) is 0 Å². The van der Waals surface area contributed by atoms with Crippen LogP contribution in [0.2, 0.25) is 39.3 Å². The first kappa shape index (κ1) is 39.9. The minimum Gasteiger partial charge on any atom is -0.338 e. The molecule has 2 saturated carbocycles. The van der Waals surface area contributed by atoms with Crippen molar-refractivity contribution in [3.05, 3.63) is 145 Å². The summed E-state index contributed by atoms with van der Waals surface area (Å²) in [6.07, 6.45) is 12.9. The summed E-state index contributed by atoms with van der Waals surface area (Å²) in [6.45, 7) is 15.0. The molecule has 0 bridgehead atoms. The van der Waals surface area contributed by atoms with Crippen molar-refractivity contribution in [3.8, 4) is 22.3 Å². The van der Waals surface area contributed by atoms with Crippen LogP contribution in [0.3, 0.4) is 0 Å². The fourth-order valence-corrected chi connectivity index (χ4v) is 14.7. The van der Waals surface area contributed by atoms with Crippen molar-refractivity contribution in [3.63, 3.8) is 0 Å². The van der Waals surface area contributed by atoms with Gasteiger partial charge in [0.25, 0.3) is 0 Å². The molecule has 4 atom stereocenters. The van der Waals surface area contributed by atoms with Crippen LogP contribution in [-0.4, -0.2) is 28.2 Å². The second-order valence-electron chi connectivity index (χ2n) is 21.5. The number of nitrogens with zero attached hydrogens (tertiary/aromatic N) is 2. The van der Waals surface area contributed by atoms with E-state index in [4.69, 9.17) is 0 Å². The number of benzene rings is 7. The Morgan fingerprint density at radius 2 is 0.806 bits per heavy atom. The number of rotatable bonds is 6. The fourth-order valence-electron chi connectivity index (χ4n) is 12.4. The fraction of sp³-hybridized carbons (Fsp3) is 0.345. The molecule has 11 rings (SSSR count). The lowest BCUT2D eigenvalue weighted by molar-refractivity contribution is 0.293. The molecule has 0 spiro atoms. The Morgan fingerprint density at radius 3 is 1.21 bits per heavy atom. The maximum absolute atomic E-state index is 2.79. The number of hydrogen-bond acceptors (Lipinski definition) is 2. The van der Waals surface area contributed by atoms with E-state index in [1.165, 1.54) is 131 Å². The molecular formula is C58H64N2Si2. The Kier molecular flexibility index (Phi) is 9.92. The molecule has 2 aliphatic carbocycles. The zero-order valence-corrected chi connectivity index (χ0v) is 40.0. The molecule has 314 valence electrons. The van der Waals surface area contributed by atoms with Gasteiger partial charge in [-0.2, -0.15) is 0 Å². The molecular weight excluding hydrogens is 781 g/mol. The summed E-state index contributed by atoms with van der Waals surface area (Å²) < 4.78 is 0. The third-order valence-corrected chi connectivity index (χ3v) is 19.6. The van der Waals surface area contributed by atoms with Crippen LogP contribution >= 0.6 is 0 Å². The van der Waals surface area contributed by atoms with Crippen LogP contribution in [0.1, 0.15) is 62.5 Å². The molecule has 0 aromatic heterocycles. The molecule has 0 radical (unpaired) electrons. The van der Waals surface area contributed by atoms with E-state index in [-0.39, 0.29) is 0 Å². The van der Waals surface area contributed by atoms with Gasteiger partial charge in [0, 0.05) is 34.8 Å². The topological polar surface area (TPSA) is 6.48 Å². The predicted octanol–water partition coefficient (Wildman–Crippen LogP) is 14.9. The van der Waals surface area contributed by atoms with E-state index in [2.05, 4.69) is 183 Å². The van der Waals surface area contributed by atoms with Crippen LogP contribution < -0.4 is 20.2 Å². The van der Waals surface area contributed by atoms with Gasteiger partial charge in [-0.05, 0) is 142 Å². The Bertz CT molecular complexity index is 2620. The molecule has 0 N–H and O–H groups in total. The molecule has 2 nitrogen and oxygen atoms in total. The lowest BCUT2D eigenvalue weighted by atomic mass is 9.76. The lowest BCUT2D eigenvalue weighted by Crippen LogP contribution is -2.45. The third-order valence-electron chi connectivity index (χ3n) is 15.5. The molecule has 2 heterocycles. The molecule has 0 saturated heterocycles.